The molecule has 1 amide bonds. The number of Topliss-reactive ketones (excluding diaryl/α,β-unsaturated/α-hetero) is 1. The Kier molecular flexibility index (Phi) is 5.10. The van der Waals surface area contributed by atoms with Gasteiger partial charge in [0.25, 0.3) is 5.91 Å². The average Bonchev–Trinajstić information content (AvgIpc) is 3.02. The molecule has 7 heteroatoms. The molecule has 1 aliphatic rings. The molecule has 0 bridgehead atoms. The first kappa shape index (κ1) is 20.5. The van der Waals surface area contributed by atoms with Crippen molar-refractivity contribution in [3.05, 3.63) is 57.3 Å². The second kappa shape index (κ2) is 7.47. The maximum absolute atomic E-state index is 12.9. The van der Waals surface area contributed by atoms with Crippen LogP contribution in [-0.2, 0) is 6.54 Å². The second-order valence-corrected chi connectivity index (χ2v) is 8.88. The first-order chi connectivity index (χ1) is 14.2. The lowest BCUT2D eigenvalue weighted by Crippen LogP contribution is -2.36. The van der Waals surface area contributed by atoms with E-state index in [-0.39, 0.29) is 30.4 Å². The van der Waals surface area contributed by atoms with Crippen molar-refractivity contribution in [3.63, 3.8) is 0 Å². The standard InChI is InChI=1S/C23H22BrNO5/c1-12-19-17(7-8-18-20(19)15(26)10-23(2,3)30-18)29-21(12)22(27)25-11-13-9-14(24)5-6-16(13)28-4/h5-9H,10-11H2,1-4H3,(H,25,27). The number of halogens is 1. The summed E-state index contributed by atoms with van der Waals surface area (Å²) in [6, 6.07) is 9.06. The molecule has 0 fully saturated rings. The van der Waals surface area contributed by atoms with Crippen molar-refractivity contribution in [2.24, 2.45) is 0 Å². The smallest absolute Gasteiger partial charge is 0.287 e. The number of aryl methyl sites for hydroxylation is 1. The van der Waals surface area contributed by atoms with Crippen LogP contribution in [0.2, 0.25) is 0 Å². The molecule has 1 aliphatic heterocycles. The molecule has 30 heavy (non-hydrogen) atoms. The Labute approximate surface area is 182 Å². The third-order valence-corrected chi connectivity index (χ3v) is 5.69. The molecule has 1 aromatic heterocycles. The van der Waals surface area contributed by atoms with Crippen molar-refractivity contribution in [3.8, 4) is 11.5 Å². The molecular formula is C23H22BrNO5. The van der Waals surface area contributed by atoms with Gasteiger partial charge in [-0.2, -0.15) is 0 Å². The number of furan rings is 1. The first-order valence-corrected chi connectivity index (χ1v) is 10.4. The van der Waals surface area contributed by atoms with Crippen LogP contribution in [0.3, 0.4) is 0 Å². The number of amides is 1. The highest BCUT2D eigenvalue weighted by Crippen LogP contribution is 2.40. The summed E-state index contributed by atoms with van der Waals surface area (Å²) in [4.78, 5) is 25.7. The van der Waals surface area contributed by atoms with Crippen molar-refractivity contribution in [1.29, 1.82) is 0 Å². The topological polar surface area (TPSA) is 77.8 Å². The van der Waals surface area contributed by atoms with Crippen molar-refractivity contribution >= 4 is 38.6 Å². The average molecular weight is 472 g/mol. The number of fused-ring (bicyclic) bond motifs is 3. The number of ketones is 1. The summed E-state index contributed by atoms with van der Waals surface area (Å²) in [6.07, 6.45) is 0.272. The minimum atomic E-state index is -0.557. The van der Waals surface area contributed by atoms with Crippen LogP contribution in [0, 0.1) is 6.92 Å². The summed E-state index contributed by atoms with van der Waals surface area (Å²) >= 11 is 3.43. The molecule has 0 aliphatic carbocycles. The highest BCUT2D eigenvalue weighted by Gasteiger charge is 2.35. The van der Waals surface area contributed by atoms with E-state index in [9.17, 15) is 9.59 Å². The summed E-state index contributed by atoms with van der Waals surface area (Å²) in [5, 5.41) is 3.51. The van der Waals surface area contributed by atoms with Crippen LogP contribution in [0.1, 0.15) is 52.3 Å². The van der Waals surface area contributed by atoms with Gasteiger partial charge in [0.15, 0.2) is 11.5 Å². The van der Waals surface area contributed by atoms with Gasteiger partial charge in [-0.15, -0.1) is 0 Å². The molecule has 0 unspecified atom stereocenters. The van der Waals surface area contributed by atoms with E-state index in [1.165, 1.54) is 0 Å². The van der Waals surface area contributed by atoms with Crippen LogP contribution < -0.4 is 14.8 Å². The molecule has 0 spiro atoms. The van der Waals surface area contributed by atoms with Gasteiger partial charge < -0.3 is 19.2 Å². The Morgan fingerprint density at radius 1 is 1.27 bits per heavy atom. The number of carbonyl (C=O) groups is 2. The fourth-order valence-corrected chi connectivity index (χ4v) is 4.26. The number of nitrogens with one attached hydrogen (secondary N) is 1. The molecule has 2 heterocycles. The van der Waals surface area contributed by atoms with Gasteiger partial charge in [0.2, 0.25) is 0 Å². The van der Waals surface area contributed by atoms with Crippen LogP contribution in [0.25, 0.3) is 11.0 Å². The lowest BCUT2D eigenvalue weighted by atomic mass is 9.90. The van der Waals surface area contributed by atoms with Crippen molar-refractivity contribution < 1.29 is 23.5 Å². The van der Waals surface area contributed by atoms with E-state index in [0.29, 0.717) is 33.6 Å². The lowest BCUT2D eigenvalue weighted by molar-refractivity contribution is 0.0623. The van der Waals surface area contributed by atoms with Gasteiger partial charge in [-0.25, -0.2) is 0 Å². The zero-order chi connectivity index (χ0) is 21.6. The molecule has 0 radical (unpaired) electrons. The molecule has 3 aromatic rings. The number of hydrogen-bond acceptors (Lipinski definition) is 5. The molecule has 1 N–H and O–H groups in total. The highest BCUT2D eigenvalue weighted by atomic mass is 79.9. The van der Waals surface area contributed by atoms with Gasteiger partial charge in [0.1, 0.15) is 22.7 Å². The number of ether oxygens (including phenoxy) is 2. The molecule has 4 rings (SSSR count). The minimum absolute atomic E-state index is 0.0124. The van der Waals surface area contributed by atoms with Gasteiger partial charge in [0, 0.05) is 27.5 Å². The van der Waals surface area contributed by atoms with E-state index in [1.807, 2.05) is 32.0 Å². The van der Waals surface area contributed by atoms with Gasteiger partial charge >= 0.3 is 0 Å². The molecule has 156 valence electrons. The zero-order valence-corrected chi connectivity index (χ0v) is 18.8. The van der Waals surface area contributed by atoms with E-state index < -0.39 is 5.60 Å². The van der Waals surface area contributed by atoms with Crippen LogP contribution in [0.15, 0.2) is 39.2 Å². The van der Waals surface area contributed by atoms with Gasteiger partial charge in [-0.1, -0.05) is 15.9 Å². The Balaban J connectivity index is 1.67. The molecule has 6 nitrogen and oxygen atoms in total. The van der Waals surface area contributed by atoms with Crippen molar-refractivity contribution in [1.82, 2.24) is 5.32 Å². The predicted octanol–water partition coefficient (Wildman–Crippen LogP) is 5.19. The number of methoxy groups -OCH3 is 1. The number of carbonyl (C=O) groups excluding carboxylic acids is 2. The summed E-state index contributed by atoms with van der Waals surface area (Å²) in [7, 11) is 1.58. The van der Waals surface area contributed by atoms with E-state index in [1.54, 1.807) is 26.2 Å². The largest absolute Gasteiger partial charge is 0.496 e. The SMILES string of the molecule is COc1ccc(Br)cc1CNC(=O)c1oc2ccc3c(c2c1C)C(=O)CC(C)(C)O3. The molecule has 0 saturated heterocycles. The van der Waals surface area contributed by atoms with Crippen LogP contribution in [0.4, 0.5) is 0 Å². The van der Waals surface area contributed by atoms with Crippen LogP contribution >= 0.6 is 15.9 Å². The second-order valence-electron chi connectivity index (χ2n) is 7.97. The zero-order valence-electron chi connectivity index (χ0n) is 17.2. The number of hydrogen-bond donors (Lipinski definition) is 1. The van der Waals surface area contributed by atoms with E-state index >= 15 is 0 Å². The van der Waals surface area contributed by atoms with E-state index in [0.717, 1.165) is 10.0 Å². The monoisotopic (exact) mass is 471 g/mol. The van der Waals surface area contributed by atoms with Gasteiger partial charge in [-0.3, -0.25) is 9.59 Å². The summed E-state index contributed by atoms with van der Waals surface area (Å²) in [5.41, 5.74) is 1.88. The Morgan fingerprint density at radius 3 is 2.77 bits per heavy atom. The summed E-state index contributed by atoms with van der Waals surface area (Å²) < 4.78 is 18.1. The van der Waals surface area contributed by atoms with Crippen molar-refractivity contribution in [2.45, 2.75) is 39.3 Å². The van der Waals surface area contributed by atoms with Crippen LogP contribution in [-0.4, -0.2) is 24.4 Å². The maximum atomic E-state index is 12.9. The normalized spacial score (nSPS) is 14.9. The molecule has 0 saturated carbocycles. The maximum Gasteiger partial charge on any atom is 0.287 e. The number of benzene rings is 2. The lowest BCUT2D eigenvalue weighted by Gasteiger charge is -2.31. The number of rotatable bonds is 4. The fourth-order valence-electron chi connectivity index (χ4n) is 3.85. The van der Waals surface area contributed by atoms with E-state index in [4.69, 9.17) is 13.9 Å². The van der Waals surface area contributed by atoms with Crippen LogP contribution in [0.5, 0.6) is 11.5 Å². The van der Waals surface area contributed by atoms with Gasteiger partial charge in [0.05, 0.1) is 19.1 Å². The predicted molar refractivity (Wildman–Crippen MR) is 116 cm³/mol. The Morgan fingerprint density at radius 2 is 2.03 bits per heavy atom. The van der Waals surface area contributed by atoms with Crippen molar-refractivity contribution in [2.75, 3.05) is 7.11 Å². The molecule has 0 atom stereocenters. The molecule has 2 aromatic carbocycles. The summed E-state index contributed by atoms with van der Waals surface area (Å²) in [6.45, 7) is 5.82. The minimum Gasteiger partial charge on any atom is -0.496 e. The quantitative estimate of drug-likeness (QED) is 0.566. The Hall–Kier alpha value is -2.80. The third kappa shape index (κ3) is 3.58. The molecular weight excluding hydrogens is 450 g/mol. The first-order valence-electron chi connectivity index (χ1n) is 9.59. The Bertz CT molecular complexity index is 1180. The summed E-state index contributed by atoms with van der Waals surface area (Å²) in [5.74, 6) is 1.02. The van der Waals surface area contributed by atoms with Gasteiger partial charge in [-0.05, 0) is 51.1 Å². The fraction of sp³-hybridized carbons (Fsp3) is 0.304. The third-order valence-electron chi connectivity index (χ3n) is 5.20. The van der Waals surface area contributed by atoms with E-state index in [2.05, 4.69) is 21.2 Å². The highest BCUT2D eigenvalue weighted by molar-refractivity contribution is 9.10.